The molecule has 1 atom stereocenters. The summed E-state index contributed by atoms with van der Waals surface area (Å²) in [6.45, 7) is 8.02. The van der Waals surface area contributed by atoms with Gasteiger partial charge in [-0.05, 0) is 36.2 Å². The number of nitrogens with two attached hydrogens (primary N) is 2. The predicted molar refractivity (Wildman–Crippen MR) is 171 cm³/mol. The third-order valence-electron chi connectivity index (χ3n) is 7.98. The minimum atomic E-state index is -0.575. The number of piperazine rings is 1. The first-order valence-electron chi connectivity index (χ1n) is 14.8. The molecule has 1 aliphatic heterocycles. The second kappa shape index (κ2) is 12.9. The van der Waals surface area contributed by atoms with Gasteiger partial charge >= 0.3 is 4.87 Å². The van der Waals surface area contributed by atoms with Crippen LogP contribution in [0.4, 0.5) is 16.0 Å². The molecule has 0 radical (unpaired) electrons. The second-order valence-electron chi connectivity index (χ2n) is 11.3. The zero-order chi connectivity index (χ0) is 31.7. The molecule has 5 aromatic rings. The van der Waals surface area contributed by atoms with Gasteiger partial charge in [0.05, 0.1) is 30.1 Å². The lowest BCUT2D eigenvalue weighted by atomic mass is 10.1. The lowest BCUT2D eigenvalue weighted by molar-refractivity contribution is -0.123. The predicted octanol–water partition coefficient (Wildman–Crippen LogP) is 2.39. The highest BCUT2D eigenvalue weighted by atomic mass is 32.1. The molecule has 6 rings (SSSR count). The minimum absolute atomic E-state index is 0.0371. The molecule has 4 aromatic heterocycles. The first-order chi connectivity index (χ1) is 21.7. The van der Waals surface area contributed by atoms with Crippen molar-refractivity contribution in [3.8, 4) is 17.2 Å². The number of rotatable bonds is 11. The average Bonchev–Trinajstić information content (AvgIpc) is 3.78. The van der Waals surface area contributed by atoms with E-state index in [1.54, 1.807) is 29.0 Å². The van der Waals surface area contributed by atoms with Crippen molar-refractivity contribution in [3.63, 3.8) is 0 Å². The number of amides is 1. The molecule has 5 heterocycles. The van der Waals surface area contributed by atoms with E-state index in [1.165, 1.54) is 10.6 Å². The van der Waals surface area contributed by atoms with Crippen LogP contribution in [0, 0.1) is 11.7 Å². The number of halogens is 1. The molecule has 238 valence electrons. The summed E-state index contributed by atoms with van der Waals surface area (Å²) < 4.78 is 30.0. The molecule has 0 aliphatic carbocycles. The number of fused-ring (bicyclic) bond motifs is 3. The van der Waals surface area contributed by atoms with Crippen molar-refractivity contribution >= 4 is 44.7 Å². The Morgan fingerprint density at radius 1 is 1.18 bits per heavy atom. The maximum atomic E-state index is 15.0. The van der Waals surface area contributed by atoms with Crippen LogP contribution in [0.5, 0.6) is 5.75 Å². The van der Waals surface area contributed by atoms with E-state index in [0.717, 1.165) is 11.3 Å². The van der Waals surface area contributed by atoms with Crippen LogP contribution in [0.15, 0.2) is 51.9 Å². The molecule has 15 heteroatoms. The quantitative estimate of drug-likeness (QED) is 0.183. The number of thiazole rings is 1. The highest BCUT2D eigenvalue weighted by Crippen LogP contribution is 2.29. The van der Waals surface area contributed by atoms with Crippen LogP contribution in [0.2, 0.25) is 0 Å². The normalized spacial score (nSPS) is 14.9. The SMILES string of the molecule is CC(C)C(N)C(=O)NCCOc1ccc(N2CCN(CCn3c(=O)sc4c3nc(N)n3nc(-c5ccco5)cc43)CC2)c(F)c1. The molecule has 1 saturated heterocycles. The van der Waals surface area contributed by atoms with Gasteiger partial charge in [-0.2, -0.15) is 14.6 Å². The van der Waals surface area contributed by atoms with E-state index >= 15 is 4.39 Å². The fraction of sp³-hybridized carbons (Fsp3) is 0.400. The number of carbonyl (C=O) groups excluding carboxylic acids is 1. The Morgan fingerprint density at radius 2 is 1.98 bits per heavy atom. The summed E-state index contributed by atoms with van der Waals surface area (Å²) in [4.78, 5) is 33.6. The third-order valence-corrected chi connectivity index (χ3v) is 8.98. The Kier molecular flexibility index (Phi) is 8.74. The summed E-state index contributed by atoms with van der Waals surface area (Å²) in [7, 11) is 0. The van der Waals surface area contributed by atoms with E-state index in [2.05, 4.69) is 20.3 Å². The molecule has 0 saturated carbocycles. The molecule has 13 nitrogen and oxygen atoms in total. The lowest BCUT2D eigenvalue weighted by Gasteiger charge is -2.36. The number of benzene rings is 1. The fourth-order valence-electron chi connectivity index (χ4n) is 5.34. The summed E-state index contributed by atoms with van der Waals surface area (Å²) >= 11 is 1.12. The van der Waals surface area contributed by atoms with Crippen LogP contribution in [-0.2, 0) is 11.3 Å². The van der Waals surface area contributed by atoms with Crippen molar-refractivity contribution < 1.29 is 18.3 Å². The summed E-state index contributed by atoms with van der Waals surface area (Å²) in [5.41, 5.74) is 14.4. The Balaban J connectivity index is 1.03. The zero-order valence-corrected chi connectivity index (χ0v) is 25.9. The van der Waals surface area contributed by atoms with Gasteiger partial charge in [0.1, 0.15) is 28.6 Å². The van der Waals surface area contributed by atoms with E-state index in [9.17, 15) is 9.59 Å². The Labute approximate surface area is 262 Å². The topological polar surface area (TPSA) is 162 Å². The van der Waals surface area contributed by atoms with Gasteiger partial charge in [0.15, 0.2) is 11.4 Å². The number of nitrogens with one attached hydrogen (secondary N) is 1. The van der Waals surface area contributed by atoms with Crippen LogP contribution >= 0.6 is 11.3 Å². The van der Waals surface area contributed by atoms with Crippen molar-refractivity contribution in [3.05, 3.63) is 58.1 Å². The van der Waals surface area contributed by atoms with Gasteiger partial charge in [0, 0.05) is 45.3 Å². The lowest BCUT2D eigenvalue weighted by Crippen LogP contribution is -2.47. The van der Waals surface area contributed by atoms with E-state index in [0.29, 0.717) is 78.0 Å². The van der Waals surface area contributed by atoms with Gasteiger partial charge < -0.3 is 30.8 Å². The van der Waals surface area contributed by atoms with Crippen molar-refractivity contribution in [2.45, 2.75) is 26.4 Å². The molecule has 0 bridgehead atoms. The Bertz CT molecular complexity index is 1860. The molecule has 5 N–H and O–H groups in total. The number of carbonyl (C=O) groups is 1. The summed E-state index contributed by atoms with van der Waals surface area (Å²) in [6.07, 6.45) is 1.57. The van der Waals surface area contributed by atoms with Crippen molar-refractivity contribution in [2.24, 2.45) is 11.7 Å². The van der Waals surface area contributed by atoms with Gasteiger partial charge in [-0.15, -0.1) is 0 Å². The minimum Gasteiger partial charge on any atom is -0.492 e. The number of hydrogen-bond acceptors (Lipinski definition) is 11. The molecule has 1 aromatic carbocycles. The maximum Gasteiger partial charge on any atom is 0.309 e. The van der Waals surface area contributed by atoms with Crippen LogP contribution in [0.1, 0.15) is 13.8 Å². The fourth-order valence-corrected chi connectivity index (χ4v) is 6.30. The second-order valence-corrected chi connectivity index (χ2v) is 12.3. The van der Waals surface area contributed by atoms with Crippen LogP contribution in [0.3, 0.4) is 0 Å². The van der Waals surface area contributed by atoms with Gasteiger partial charge in [-0.3, -0.25) is 19.1 Å². The number of nitrogens with zero attached hydrogens (tertiary/aromatic N) is 6. The largest absolute Gasteiger partial charge is 0.492 e. The van der Waals surface area contributed by atoms with Gasteiger partial charge in [-0.1, -0.05) is 25.2 Å². The number of anilines is 2. The highest BCUT2D eigenvalue weighted by Gasteiger charge is 2.22. The first-order valence-corrected chi connectivity index (χ1v) is 15.7. The van der Waals surface area contributed by atoms with E-state index in [-0.39, 0.29) is 41.6 Å². The number of nitrogen functional groups attached to an aromatic ring is 1. The molecule has 1 aliphatic rings. The molecule has 1 fully saturated rings. The zero-order valence-electron chi connectivity index (χ0n) is 25.1. The van der Waals surface area contributed by atoms with Gasteiger partial charge in [-0.25, -0.2) is 4.39 Å². The molecule has 0 spiro atoms. The van der Waals surface area contributed by atoms with Crippen molar-refractivity contribution in [1.29, 1.82) is 0 Å². The first kappa shape index (κ1) is 30.6. The van der Waals surface area contributed by atoms with E-state index in [4.69, 9.17) is 20.6 Å². The maximum absolute atomic E-state index is 15.0. The van der Waals surface area contributed by atoms with Crippen LogP contribution < -0.4 is 31.3 Å². The van der Waals surface area contributed by atoms with Crippen molar-refractivity contribution in [1.82, 2.24) is 29.4 Å². The van der Waals surface area contributed by atoms with Gasteiger partial charge in [0.2, 0.25) is 11.9 Å². The molecular weight excluding hydrogens is 601 g/mol. The van der Waals surface area contributed by atoms with Crippen molar-refractivity contribution in [2.75, 3.05) is 56.5 Å². The van der Waals surface area contributed by atoms with Crippen LogP contribution in [-0.4, -0.2) is 81.9 Å². The number of hydrogen-bond donors (Lipinski definition) is 3. The van der Waals surface area contributed by atoms with E-state index < -0.39 is 6.04 Å². The summed E-state index contributed by atoms with van der Waals surface area (Å²) in [5, 5.41) is 7.24. The summed E-state index contributed by atoms with van der Waals surface area (Å²) in [6, 6.07) is 9.68. The third kappa shape index (κ3) is 6.36. The molecule has 45 heavy (non-hydrogen) atoms. The van der Waals surface area contributed by atoms with Crippen LogP contribution in [0.25, 0.3) is 27.3 Å². The Morgan fingerprint density at radius 3 is 2.69 bits per heavy atom. The highest BCUT2D eigenvalue weighted by molar-refractivity contribution is 7.17. The molecular formula is C30H36FN9O4S. The number of furan rings is 1. The Hall–Kier alpha value is -4.47. The number of aromatic nitrogens is 4. The van der Waals surface area contributed by atoms with Gasteiger partial charge in [0.25, 0.3) is 0 Å². The monoisotopic (exact) mass is 637 g/mol. The van der Waals surface area contributed by atoms with E-state index in [1.807, 2.05) is 30.9 Å². The summed E-state index contributed by atoms with van der Waals surface area (Å²) in [5.74, 6) is 0.620. The average molecular weight is 638 g/mol. The molecule has 1 unspecified atom stereocenters. The molecule has 1 amide bonds. The smallest absolute Gasteiger partial charge is 0.309 e. The number of ether oxygens (including phenoxy) is 1. The standard InChI is InChI=1S/C30H36FN9O4S/c1-18(2)25(32)28(41)34-7-15-43-19-5-6-22(20(31)16-19)38-11-8-37(9-12-38)10-13-39-27-26(45-30(39)42)23-17-21(24-4-3-14-44-24)36-40(23)29(33)35-27/h3-6,14,16-18,25H,7-13,15,32H2,1-2H3,(H2,33,35)(H,34,41).